The van der Waals surface area contributed by atoms with Gasteiger partial charge in [-0.3, -0.25) is 0 Å². The van der Waals surface area contributed by atoms with Crippen molar-refractivity contribution in [1.82, 2.24) is 0 Å². The van der Waals surface area contributed by atoms with E-state index >= 15 is 0 Å². The van der Waals surface area contributed by atoms with Gasteiger partial charge in [0.2, 0.25) is 0 Å². The van der Waals surface area contributed by atoms with Crippen molar-refractivity contribution in [3.05, 3.63) is 187 Å². The van der Waals surface area contributed by atoms with Crippen molar-refractivity contribution in [3.63, 3.8) is 0 Å². The molecule has 2 heteroatoms. The van der Waals surface area contributed by atoms with Crippen LogP contribution in [0.3, 0.4) is 0 Å². The summed E-state index contributed by atoms with van der Waals surface area (Å²) in [6.07, 6.45) is 6.33. The van der Waals surface area contributed by atoms with E-state index in [0.29, 0.717) is 0 Å². The summed E-state index contributed by atoms with van der Waals surface area (Å²) < 4.78 is 13.5. The molecule has 1 aliphatic rings. The van der Waals surface area contributed by atoms with Gasteiger partial charge in [-0.15, -0.1) is 0 Å². The van der Waals surface area contributed by atoms with Crippen LogP contribution in [-0.4, -0.2) is 0 Å². The second-order valence-corrected chi connectivity index (χ2v) is 15.1. The molecule has 1 aliphatic carbocycles. The minimum atomic E-state index is 0.863. The van der Waals surface area contributed by atoms with E-state index in [2.05, 4.69) is 176 Å². The number of allylic oxidation sites excluding steroid dienone is 1. The Balaban J connectivity index is 1.09. The Kier molecular flexibility index (Phi) is 6.79. The van der Waals surface area contributed by atoms with Crippen molar-refractivity contribution < 1.29 is 8.83 Å². The summed E-state index contributed by atoms with van der Waals surface area (Å²) in [7, 11) is 0. The minimum absolute atomic E-state index is 0.863. The SMILES string of the molecule is C1=Cc2oc3c(-c4cccc(-c5c6ccccc6c(-c6cccc(-c7ccc8ccccc8c7)c6)c6ccccc56)c4)c4oc5ccccc5c4cc3c2CC1. The van der Waals surface area contributed by atoms with Crippen molar-refractivity contribution in [2.75, 3.05) is 0 Å². The van der Waals surface area contributed by atoms with Gasteiger partial charge in [0, 0.05) is 21.7 Å². The topological polar surface area (TPSA) is 26.3 Å². The highest BCUT2D eigenvalue weighted by Gasteiger charge is 2.25. The first-order chi connectivity index (χ1) is 27.8. The number of benzene rings is 9. The van der Waals surface area contributed by atoms with Crippen LogP contribution in [0.25, 0.3) is 116 Å². The van der Waals surface area contributed by atoms with Crippen molar-refractivity contribution >= 4 is 71.3 Å². The lowest BCUT2D eigenvalue weighted by molar-refractivity contribution is 0.595. The van der Waals surface area contributed by atoms with Gasteiger partial charge in [-0.25, -0.2) is 0 Å². The predicted molar refractivity (Wildman–Crippen MR) is 235 cm³/mol. The largest absolute Gasteiger partial charge is 0.456 e. The van der Waals surface area contributed by atoms with Crippen LogP contribution in [0.1, 0.15) is 17.7 Å². The first-order valence-electron chi connectivity index (χ1n) is 19.5. The van der Waals surface area contributed by atoms with E-state index < -0.39 is 0 Å². The van der Waals surface area contributed by atoms with Crippen LogP contribution < -0.4 is 0 Å². The molecule has 0 saturated heterocycles. The van der Waals surface area contributed by atoms with Gasteiger partial charge in [0.05, 0.1) is 5.56 Å². The maximum atomic E-state index is 6.75. The third-order valence-electron chi connectivity index (χ3n) is 11.9. The third kappa shape index (κ3) is 4.69. The molecule has 2 heterocycles. The molecule has 0 amide bonds. The standard InChI is InChI=1S/C54H34O2/c1-2-14-34-29-36(28-27-33(34)13-1)35-15-11-16-37(30-35)50-42-21-3-5-23-44(42)51(45-24-6-4-22-43(45)50)38-17-12-18-39(31-38)52-53-46(40-19-7-9-25-48(40)55-53)32-47-41-20-8-10-26-49(41)56-54(47)52/h1-7,9-19,21-32H,8,20H2. The lowest BCUT2D eigenvalue weighted by Crippen LogP contribution is -1.92. The molecule has 2 aromatic heterocycles. The number of para-hydroxylation sites is 1. The fourth-order valence-corrected chi connectivity index (χ4v) is 9.35. The maximum absolute atomic E-state index is 6.75. The average molecular weight is 715 g/mol. The summed E-state index contributed by atoms with van der Waals surface area (Å²) in [5.74, 6) is 0.956. The minimum Gasteiger partial charge on any atom is -0.456 e. The smallest absolute Gasteiger partial charge is 0.147 e. The van der Waals surface area contributed by atoms with Gasteiger partial charge in [-0.2, -0.15) is 0 Å². The molecule has 0 atom stereocenters. The molecule has 56 heavy (non-hydrogen) atoms. The van der Waals surface area contributed by atoms with Gasteiger partial charge < -0.3 is 8.83 Å². The van der Waals surface area contributed by atoms with E-state index in [1.807, 2.05) is 6.07 Å². The number of fused-ring (bicyclic) bond motifs is 9. The highest BCUT2D eigenvalue weighted by Crippen LogP contribution is 2.48. The maximum Gasteiger partial charge on any atom is 0.147 e. The van der Waals surface area contributed by atoms with Gasteiger partial charge in [0.25, 0.3) is 0 Å². The summed E-state index contributed by atoms with van der Waals surface area (Å²) in [5, 5.41) is 10.8. The molecular weight excluding hydrogens is 681 g/mol. The number of aryl methyl sites for hydroxylation is 1. The summed E-state index contributed by atoms with van der Waals surface area (Å²) >= 11 is 0. The van der Waals surface area contributed by atoms with Crippen LogP contribution in [-0.2, 0) is 6.42 Å². The first-order valence-corrected chi connectivity index (χ1v) is 19.5. The van der Waals surface area contributed by atoms with Crippen LogP contribution >= 0.6 is 0 Å². The van der Waals surface area contributed by atoms with Crippen LogP contribution in [0.15, 0.2) is 185 Å². The monoisotopic (exact) mass is 714 g/mol. The molecule has 12 rings (SSSR count). The Morgan fingerprint density at radius 2 is 0.911 bits per heavy atom. The van der Waals surface area contributed by atoms with E-state index in [-0.39, 0.29) is 0 Å². The molecule has 11 aromatic rings. The molecule has 0 unspecified atom stereocenters. The van der Waals surface area contributed by atoms with Crippen LogP contribution in [0, 0.1) is 0 Å². The molecule has 0 N–H and O–H groups in total. The molecular formula is C54H34O2. The predicted octanol–water partition coefficient (Wildman–Crippen LogP) is 15.4. The van der Waals surface area contributed by atoms with Crippen molar-refractivity contribution in [3.8, 4) is 44.5 Å². The van der Waals surface area contributed by atoms with Gasteiger partial charge >= 0.3 is 0 Å². The Labute approximate surface area is 323 Å². The van der Waals surface area contributed by atoms with Gasteiger partial charge in [0.1, 0.15) is 22.5 Å². The lowest BCUT2D eigenvalue weighted by atomic mass is 9.84. The Morgan fingerprint density at radius 3 is 1.62 bits per heavy atom. The summed E-state index contributed by atoms with van der Waals surface area (Å²) in [6, 6.07) is 61.8. The van der Waals surface area contributed by atoms with E-state index in [1.54, 1.807) is 0 Å². The number of hydrogen-bond donors (Lipinski definition) is 0. The van der Waals surface area contributed by atoms with Crippen LogP contribution in [0.4, 0.5) is 0 Å². The average Bonchev–Trinajstić information content (AvgIpc) is 3.82. The number of furan rings is 2. The van der Waals surface area contributed by atoms with Gasteiger partial charge in [0.15, 0.2) is 0 Å². The normalized spacial score (nSPS) is 12.8. The fraction of sp³-hybridized carbons (Fsp3) is 0.0370. The highest BCUT2D eigenvalue weighted by atomic mass is 16.3. The zero-order valence-electron chi connectivity index (χ0n) is 30.6. The quantitative estimate of drug-likeness (QED) is 0.170. The molecule has 0 bridgehead atoms. The van der Waals surface area contributed by atoms with Crippen molar-refractivity contribution in [1.29, 1.82) is 0 Å². The molecule has 262 valence electrons. The van der Waals surface area contributed by atoms with E-state index in [4.69, 9.17) is 8.83 Å². The van der Waals surface area contributed by atoms with Crippen molar-refractivity contribution in [2.24, 2.45) is 0 Å². The zero-order valence-corrected chi connectivity index (χ0v) is 30.6. The fourth-order valence-electron chi connectivity index (χ4n) is 9.35. The van der Waals surface area contributed by atoms with Crippen LogP contribution in [0.5, 0.6) is 0 Å². The molecule has 0 saturated carbocycles. The second kappa shape index (κ2) is 12.2. The van der Waals surface area contributed by atoms with Crippen molar-refractivity contribution in [2.45, 2.75) is 12.8 Å². The van der Waals surface area contributed by atoms with Gasteiger partial charge in [-0.05, 0) is 121 Å². The van der Waals surface area contributed by atoms with E-state index in [9.17, 15) is 0 Å². The van der Waals surface area contributed by atoms with E-state index in [1.165, 1.54) is 71.1 Å². The molecule has 2 nitrogen and oxygen atoms in total. The number of hydrogen-bond acceptors (Lipinski definition) is 2. The highest BCUT2D eigenvalue weighted by molar-refractivity contribution is 6.22. The number of rotatable bonds is 4. The Morgan fingerprint density at radius 1 is 0.357 bits per heavy atom. The summed E-state index contributed by atoms with van der Waals surface area (Å²) in [5.41, 5.74) is 13.3. The molecule has 0 aliphatic heterocycles. The van der Waals surface area contributed by atoms with Gasteiger partial charge in [-0.1, -0.05) is 146 Å². The molecule has 0 spiro atoms. The zero-order chi connectivity index (χ0) is 36.7. The van der Waals surface area contributed by atoms with E-state index in [0.717, 1.165) is 62.8 Å². The summed E-state index contributed by atoms with van der Waals surface area (Å²) in [4.78, 5) is 0. The Bertz CT molecular complexity index is 3370. The molecule has 0 fully saturated rings. The lowest BCUT2D eigenvalue weighted by Gasteiger charge is -2.18. The second-order valence-electron chi connectivity index (χ2n) is 15.1. The first kappa shape index (κ1) is 31.2. The molecule has 9 aromatic carbocycles. The Hall–Kier alpha value is -7.16. The molecule has 0 radical (unpaired) electrons. The third-order valence-corrected chi connectivity index (χ3v) is 11.9. The van der Waals surface area contributed by atoms with Crippen LogP contribution in [0.2, 0.25) is 0 Å². The summed E-state index contributed by atoms with van der Waals surface area (Å²) in [6.45, 7) is 0.